The molecule has 0 radical (unpaired) electrons. The van der Waals surface area contributed by atoms with Crippen molar-refractivity contribution in [2.45, 2.75) is 26.9 Å². The first-order valence-electron chi connectivity index (χ1n) is 9.07. The molecule has 0 aliphatic carbocycles. The van der Waals surface area contributed by atoms with E-state index in [2.05, 4.69) is 10.3 Å². The van der Waals surface area contributed by atoms with Crippen LogP contribution in [0.15, 0.2) is 48.5 Å². The van der Waals surface area contributed by atoms with E-state index < -0.39 is 12.1 Å². The number of ether oxygens (including phenoxy) is 2. The summed E-state index contributed by atoms with van der Waals surface area (Å²) in [6.07, 6.45) is -0.935. The van der Waals surface area contributed by atoms with Gasteiger partial charge in [0.1, 0.15) is 15.6 Å². The lowest BCUT2D eigenvalue weighted by Crippen LogP contribution is -2.29. The van der Waals surface area contributed by atoms with E-state index in [0.717, 1.165) is 16.9 Å². The number of methoxy groups -OCH3 is 1. The van der Waals surface area contributed by atoms with E-state index in [0.29, 0.717) is 21.3 Å². The largest absolute Gasteiger partial charge is 0.497 e. The van der Waals surface area contributed by atoms with Gasteiger partial charge in [-0.3, -0.25) is 4.79 Å². The van der Waals surface area contributed by atoms with E-state index >= 15 is 0 Å². The van der Waals surface area contributed by atoms with Crippen LogP contribution in [0.1, 0.15) is 27.9 Å². The molecule has 1 aromatic heterocycles. The lowest BCUT2D eigenvalue weighted by Gasteiger charge is -2.13. The van der Waals surface area contributed by atoms with Crippen LogP contribution in [0.4, 0.5) is 5.69 Å². The third-order valence-corrected chi connectivity index (χ3v) is 5.48. The number of amides is 1. The van der Waals surface area contributed by atoms with Gasteiger partial charge in [-0.15, -0.1) is 11.3 Å². The van der Waals surface area contributed by atoms with E-state index in [1.807, 2.05) is 43.3 Å². The molecule has 0 bridgehead atoms. The summed E-state index contributed by atoms with van der Waals surface area (Å²) >= 11 is 1.24. The minimum absolute atomic E-state index is 0.380. The van der Waals surface area contributed by atoms with Crippen LogP contribution in [0.25, 0.3) is 10.6 Å². The Kier molecular flexibility index (Phi) is 6.29. The predicted octanol–water partition coefficient (Wildman–Crippen LogP) is 4.62. The summed E-state index contributed by atoms with van der Waals surface area (Å²) < 4.78 is 10.5. The average molecular weight is 410 g/mol. The number of carbonyl (C=O) groups excluding carboxylic acids is 2. The lowest BCUT2D eigenvalue weighted by molar-refractivity contribution is -0.123. The number of aryl methyl sites for hydroxylation is 2. The molecule has 0 fully saturated rings. The highest BCUT2D eigenvalue weighted by atomic mass is 32.1. The number of aromatic nitrogens is 1. The SMILES string of the molecule is COc1ccc(-c2nc(C)c(C(=O)O[C@H](C)C(=O)Nc3ccc(C)cc3)s2)cc1. The fourth-order valence-electron chi connectivity index (χ4n) is 2.59. The Morgan fingerprint density at radius 2 is 1.69 bits per heavy atom. The first-order valence-corrected chi connectivity index (χ1v) is 9.89. The van der Waals surface area contributed by atoms with Gasteiger partial charge in [0.15, 0.2) is 6.10 Å². The number of esters is 1. The number of rotatable bonds is 6. The Hall–Kier alpha value is -3.19. The van der Waals surface area contributed by atoms with Gasteiger partial charge < -0.3 is 14.8 Å². The number of carbonyl (C=O) groups is 2. The third kappa shape index (κ3) is 5.00. The van der Waals surface area contributed by atoms with Crippen LogP contribution in [0, 0.1) is 13.8 Å². The molecule has 1 N–H and O–H groups in total. The first-order chi connectivity index (χ1) is 13.9. The fraction of sp³-hybridized carbons (Fsp3) is 0.227. The molecule has 1 amide bonds. The molecule has 0 spiro atoms. The first kappa shape index (κ1) is 20.5. The molecule has 0 aliphatic heterocycles. The second-order valence-corrected chi connectivity index (χ2v) is 7.56. The number of nitrogens with zero attached hydrogens (tertiary/aromatic N) is 1. The quantitative estimate of drug-likeness (QED) is 0.600. The minimum atomic E-state index is -0.935. The maximum absolute atomic E-state index is 12.6. The summed E-state index contributed by atoms with van der Waals surface area (Å²) in [5.41, 5.74) is 3.19. The van der Waals surface area contributed by atoms with Crippen molar-refractivity contribution in [1.29, 1.82) is 0 Å². The molecule has 29 heavy (non-hydrogen) atoms. The molecule has 0 saturated heterocycles. The molecule has 150 valence electrons. The van der Waals surface area contributed by atoms with Crippen molar-refractivity contribution in [3.8, 4) is 16.3 Å². The zero-order chi connectivity index (χ0) is 21.0. The Morgan fingerprint density at radius 3 is 2.31 bits per heavy atom. The van der Waals surface area contributed by atoms with Crippen molar-refractivity contribution in [3.05, 3.63) is 64.7 Å². The van der Waals surface area contributed by atoms with E-state index in [1.54, 1.807) is 33.1 Å². The number of hydrogen-bond acceptors (Lipinski definition) is 6. The van der Waals surface area contributed by atoms with Gasteiger partial charge in [-0.2, -0.15) is 0 Å². The van der Waals surface area contributed by atoms with Gasteiger partial charge in [-0.25, -0.2) is 9.78 Å². The highest BCUT2D eigenvalue weighted by Crippen LogP contribution is 2.29. The lowest BCUT2D eigenvalue weighted by atomic mass is 10.2. The Bertz CT molecular complexity index is 1010. The summed E-state index contributed by atoms with van der Waals surface area (Å²) in [6, 6.07) is 14.8. The second kappa shape index (κ2) is 8.87. The van der Waals surface area contributed by atoms with Crippen molar-refractivity contribution in [2.75, 3.05) is 12.4 Å². The Morgan fingerprint density at radius 1 is 1.03 bits per heavy atom. The van der Waals surface area contributed by atoms with Crippen molar-refractivity contribution in [2.24, 2.45) is 0 Å². The average Bonchev–Trinajstić information content (AvgIpc) is 3.11. The standard InChI is InChI=1S/C22H22N2O4S/c1-13-5-9-17(10-6-13)24-20(25)15(3)28-22(26)19-14(2)23-21(29-19)16-7-11-18(27-4)12-8-16/h5-12,15H,1-4H3,(H,24,25)/t15-/m1/s1. The molecule has 2 aromatic carbocycles. The van der Waals surface area contributed by atoms with Gasteiger partial charge in [-0.05, 0) is 57.2 Å². The molecule has 1 atom stereocenters. The minimum Gasteiger partial charge on any atom is -0.497 e. The summed E-state index contributed by atoms with van der Waals surface area (Å²) in [5, 5.41) is 3.44. The van der Waals surface area contributed by atoms with Gasteiger partial charge >= 0.3 is 5.97 Å². The smallest absolute Gasteiger partial charge is 0.351 e. The monoisotopic (exact) mass is 410 g/mol. The molecule has 3 rings (SSSR count). The molecular weight excluding hydrogens is 388 g/mol. The summed E-state index contributed by atoms with van der Waals surface area (Å²) in [4.78, 5) is 29.7. The number of benzene rings is 2. The maximum atomic E-state index is 12.6. The number of nitrogens with one attached hydrogen (secondary N) is 1. The van der Waals surface area contributed by atoms with Crippen LogP contribution in [-0.2, 0) is 9.53 Å². The van der Waals surface area contributed by atoms with Crippen LogP contribution in [0.3, 0.4) is 0 Å². The van der Waals surface area contributed by atoms with Gasteiger partial charge in [-0.1, -0.05) is 17.7 Å². The summed E-state index contributed by atoms with van der Waals surface area (Å²) in [5.74, 6) is -0.207. The van der Waals surface area contributed by atoms with Gasteiger partial charge in [0.05, 0.1) is 12.8 Å². The zero-order valence-corrected chi connectivity index (χ0v) is 17.5. The van der Waals surface area contributed by atoms with Crippen molar-refractivity contribution in [1.82, 2.24) is 4.98 Å². The summed E-state index contributed by atoms with van der Waals surface area (Å²) in [7, 11) is 1.60. The predicted molar refractivity (Wildman–Crippen MR) is 114 cm³/mol. The molecule has 6 nitrogen and oxygen atoms in total. The van der Waals surface area contributed by atoms with Crippen LogP contribution >= 0.6 is 11.3 Å². The molecule has 0 unspecified atom stereocenters. The number of hydrogen-bond donors (Lipinski definition) is 1. The second-order valence-electron chi connectivity index (χ2n) is 6.56. The third-order valence-electron chi connectivity index (χ3n) is 4.29. The van der Waals surface area contributed by atoms with Crippen LogP contribution in [0.5, 0.6) is 5.75 Å². The molecule has 1 heterocycles. The normalized spacial score (nSPS) is 11.6. The van der Waals surface area contributed by atoms with Crippen molar-refractivity contribution < 1.29 is 19.1 Å². The van der Waals surface area contributed by atoms with E-state index in [9.17, 15) is 9.59 Å². The molecular formula is C22H22N2O4S. The van der Waals surface area contributed by atoms with Crippen molar-refractivity contribution >= 4 is 28.9 Å². The van der Waals surface area contributed by atoms with Crippen molar-refractivity contribution in [3.63, 3.8) is 0 Å². The highest BCUT2D eigenvalue weighted by molar-refractivity contribution is 7.17. The zero-order valence-electron chi connectivity index (χ0n) is 16.7. The van der Waals surface area contributed by atoms with Crippen LogP contribution in [-0.4, -0.2) is 30.1 Å². The maximum Gasteiger partial charge on any atom is 0.351 e. The van der Waals surface area contributed by atoms with Crippen LogP contribution in [0.2, 0.25) is 0 Å². The Balaban J connectivity index is 1.67. The van der Waals surface area contributed by atoms with E-state index in [1.165, 1.54) is 11.3 Å². The summed E-state index contributed by atoms with van der Waals surface area (Å²) in [6.45, 7) is 5.26. The van der Waals surface area contributed by atoms with E-state index in [-0.39, 0.29) is 5.91 Å². The van der Waals surface area contributed by atoms with Gasteiger partial charge in [0.2, 0.25) is 0 Å². The highest BCUT2D eigenvalue weighted by Gasteiger charge is 2.23. The fourth-order valence-corrected chi connectivity index (χ4v) is 3.55. The Labute approximate surface area is 173 Å². The number of thiazole rings is 1. The molecule has 0 saturated carbocycles. The van der Waals surface area contributed by atoms with E-state index in [4.69, 9.17) is 9.47 Å². The molecule has 0 aliphatic rings. The van der Waals surface area contributed by atoms with Gasteiger partial charge in [0, 0.05) is 11.3 Å². The van der Waals surface area contributed by atoms with Gasteiger partial charge in [0.25, 0.3) is 5.91 Å². The molecule has 7 heteroatoms. The van der Waals surface area contributed by atoms with Crippen LogP contribution < -0.4 is 10.1 Å². The topological polar surface area (TPSA) is 77.5 Å². The number of anilines is 1. The molecule has 3 aromatic rings.